The maximum Gasteiger partial charge on any atom is 0.250 e. The number of piperidine rings is 1. The molecule has 0 aromatic carbocycles. The molecule has 2 N–H and O–H groups in total. The van der Waals surface area contributed by atoms with Crippen LogP contribution in [-0.2, 0) is 0 Å². The van der Waals surface area contributed by atoms with Crippen LogP contribution in [0.25, 0.3) is 0 Å². The number of halogens is 2. The molecule has 1 rings (SSSR count). The molecule has 0 radical (unpaired) electrons. The largest absolute Gasteiger partial charge is 0.326 e. The van der Waals surface area contributed by atoms with Gasteiger partial charge < -0.3 is 10.6 Å². The van der Waals surface area contributed by atoms with Gasteiger partial charge in [0.2, 0.25) is 0 Å². The molecule has 1 saturated heterocycles. The number of nitrogens with zero attached hydrogens (tertiary/aromatic N) is 1. The third-order valence-corrected chi connectivity index (χ3v) is 2.88. The maximum atomic E-state index is 12.8. The van der Waals surface area contributed by atoms with Crippen LogP contribution >= 0.6 is 0 Å². The van der Waals surface area contributed by atoms with Crippen LogP contribution < -0.4 is 5.73 Å². The third kappa shape index (κ3) is 5.42. The summed E-state index contributed by atoms with van der Waals surface area (Å²) < 4.78 is 25.7. The van der Waals surface area contributed by atoms with Gasteiger partial charge in [-0.1, -0.05) is 0 Å². The lowest BCUT2D eigenvalue weighted by atomic mass is 9.99. The molecule has 0 atom stereocenters. The molecule has 0 aromatic rings. The Morgan fingerprint density at radius 1 is 1.27 bits per heavy atom. The summed E-state index contributed by atoms with van der Waals surface area (Å²) in [6, 6.07) is 0. The van der Waals surface area contributed by atoms with E-state index in [0.29, 0.717) is 13.1 Å². The number of nitrogens with two attached hydrogens (primary N) is 1. The lowest BCUT2D eigenvalue weighted by molar-refractivity contribution is -0.0553. The maximum absolute atomic E-state index is 12.8. The van der Waals surface area contributed by atoms with Crippen molar-refractivity contribution < 1.29 is 8.78 Å². The van der Waals surface area contributed by atoms with E-state index in [4.69, 9.17) is 5.73 Å². The molecule has 1 fully saturated rings. The highest BCUT2D eigenvalue weighted by Gasteiger charge is 2.33. The van der Waals surface area contributed by atoms with E-state index >= 15 is 0 Å². The number of likely N-dealkylation sites (tertiary alicyclic amines) is 1. The zero-order valence-corrected chi connectivity index (χ0v) is 9.73. The second-order valence-electron chi connectivity index (χ2n) is 5.29. The van der Waals surface area contributed by atoms with Crippen LogP contribution in [0, 0.1) is 0 Å². The van der Waals surface area contributed by atoms with Crippen LogP contribution in [0.4, 0.5) is 8.78 Å². The first kappa shape index (κ1) is 12.8. The third-order valence-electron chi connectivity index (χ3n) is 2.88. The topological polar surface area (TPSA) is 29.3 Å². The van der Waals surface area contributed by atoms with E-state index in [0.717, 1.165) is 19.4 Å². The molecule has 0 spiro atoms. The van der Waals surface area contributed by atoms with E-state index in [1.807, 2.05) is 13.8 Å². The van der Waals surface area contributed by atoms with E-state index < -0.39 is 5.92 Å². The second kappa shape index (κ2) is 4.74. The lowest BCUT2D eigenvalue weighted by Gasteiger charge is -2.32. The number of hydrogen-bond donors (Lipinski definition) is 1. The monoisotopic (exact) mass is 220 g/mol. The predicted molar refractivity (Wildman–Crippen MR) is 58.1 cm³/mol. The van der Waals surface area contributed by atoms with Gasteiger partial charge in [-0.15, -0.1) is 0 Å². The Balaban J connectivity index is 2.14. The second-order valence-corrected chi connectivity index (χ2v) is 5.29. The molecular formula is C11H22F2N2. The summed E-state index contributed by atoms with van der Waals surface area (Å²) in [6.07, 6.45) is 1.97. The van der Waals surface area contributed by atoms with Crippen molar-refractivity contribution in [3.8, 4) is 0 Å². The van der Waals surface area contributed by atoms with Crippen LogP contribution in [0.2, 0.25) is 0 Å². The van der Waals surface area contributed by atoms with Crippen molar-refractivity contribution in [3.63, 3.8) is 0 Å². The van der Waals surface area contributed by atoms with Gasteiger partial charge in [0.15, 0.2) is 0 Å². The number of hydrogen-bond acceptors (Lipinski definition) is 2. The molecular weight excluding hydrogens is 198 g/mol. The fraction of sp³-hybridized carbons (Fsp3) is 1.00. The fourth-order valence-electron chi connectivity index (χ4n) is 1.86. The summed E-state index contributed by atoms with van der Waals surface area (Å²) in [7, 11) is 0. The Hall–Kier alpha value is -0.220. The lowest BCUT2D eigenvalue weighted by Crippen LogP contribution is -2.40. The molecule has 2 nitrogen and oxygen atoms in total. The first-order valence-corrected chi connectivity index (χ1v) is 5.68. The number of rotatable bonds is 4. The zero-order valence-electron chi connectivity index (χ0n) is 9.73. The SMILES string of the molecule is CC(C)(N)CCCN1CCC(F)(F)CC1. The first-order valence-electron chi connectivity index (χ1n) is 5.68. The summed E-state index contributed by atoms with van der Waals surface area (Å²) in [6.45, 7) is 5.95. The van der Waals surface area contributed by atoms with Gasteiger partial charge in [0.1, 0.15) is 0 Å². The number of alkyl halides is 2. The summed E-state index contributed by atoms with van der Waals surface area (Å²) in [5, 5.41) is 0. The van der Waals surface area contributed by atoms with E-state index in [-0.39, 0.29) is 18.4 Å². The Morgan fingerprint density at radius 2 is 1.80 bits per heavy atom. The van der Waals surface area contributed by atoms with Gasteiger partial charge >= 0.3 is 0 Å². The Bertz CT molecular complexity index is 189. The van der Waals surface area contributed by atoms with Crippen molar-refractivity contribution in [2.75, 3.05) is 19.6 Å². The molecule has 1 heterocycles. The highest BCUT2D eigenvalue weighted by molar-refractivity contribution is 4.78. The molecule has 1 aliphatic heterocycles. The first-order chi connectivity index (χ1) is 6.79. The van der Waals surface area contributed by atoms with Crippen LogP contribution in [-0.4, -0.2) is 36.0 Å². The average molecular weight is 220 g/mol. The highest BCUT2D eigenvalue weighted by Crippen LogP contribution is 2.27. The van der Waals surface area contributed by atoms with Crippen molar-refractivity contribution in [3.05, 3.63) is 0 Å². The molecule has 0 unspecified atom stereocenters. The van der Waals surface area contributed by atoms with Gasteiger partial charge in [-0.25, -0.2) is 8.78 Å². The van der Waals surface area contributed by atoms with Gasteiger partial charge in [0.25, 0.3) is 5.92 Å². The van der Waals surface area contributed by atoms with Crippen molar-refractivity contribution in [1.82, 2.24) is 4.90 Å². The van der Waals surface area contributed by atoms with Gasteiger partial charge in [-0.3, -0.25) is 0 Å². The fourth-order valence-corrected chi connectivity index (χ4v) is 1.86. The van der Waals surface area contributed by atoms with Crippen molar-refractivity contribution in [2.24, 2.45) is 5.73 Å². The Morgan fingerprint density at radius 3 is 2.27 bits per heavy atom. The van der Waals surface area contributed by atoms with Gasteiger partial charge in [-0.2, -0.15) is 0 Å². The summed E-state index contributed by atoms with van der Waals surface area (Å²) in [5.41, 5.74) is 5.72. The average Bonchev–Trinajstić information content (AvgIpc) is 2.06. The molecule has 0 aliphatic carbocycles. The van der Waals surface area contributed by atoms with Crippen molar-refractivity contribution >= 4 is 0 Å². The predicted octanol–water partition coefficient (Wildman–Crippen LogP) is 2.24. The van der Waals surface area contributed by atoms with E-state index in [1.165, 1.54) is 0 Å². The molecule has 0 amide bonds. The highest BCUT2D eigenvalue weighted by atomic mass is 19.3. The quantitative estimate of drug-likeness (QED) is 0.787. The Labute approximate surface area is 90.8 Å². The van der Waals surface area contributed by atoms with Gasteiger partial charge in [0.05, 0.1) is 0 Å². The minimum Gasteiger partial charge on any atom is -0.326 e. The minimum absolute atomic E-state index is 0.0129. The molecule has 15 heavy (non-hydrogen) atoms. The van der Waals surface area contributed by atoms with Crippen LogP contribution in [0.1, 0.15) is 39.5 Å². The minimum atomic E-state index is -2.43. The van der Waals surface area contributed by atoms with E-state index in [1.54, 1.807) is 0 Å². The van der Waals surface area contributed by atoms with Crippen LogP contribution in [0.15, 0.2) is 0 Å². The summed E-state index contributed by atoms with van der Waals surface area (Å²) >= 11 is 0. The van der Waals surface area contributed by atoms with Crippen molar-refractivity contribution in [2.45, 2.75) is 51.0 Å². The smallest absolute Gasteiger partial charge is 0.250 e. The molecule has 1 aliphatic rings. The molecule has 0 aromatic heterocycles. The summed E-state index contributed by atoms with van der Waals surface area (Å²) in [5.74, 6) is -2.43. The molecule has 4 heteroatoms. The normalized spacial score (nSPS) is 23.0. The van der Waals surface area contributed by atoms with Gasteiger partial charge in [-0.05, 0) is 33.2 Å². The molecule has 0 saturated carbocycles. The van der Waals surface area contributed by atoms with Crippen molar-refractivity contribution in [1.29, 1.82) is 0 Å². The van der Waals surface area contributed by atoms with Gasteiger partial charge in [0, 0.05) is 31.5 Å². The zero-order chi connectivity index (χ0) is 11.5. The summed E-state index contributed by atoms with van der Waals surface area (Å²) in [4.78, 5) is 2.11. The van der Waals surface area contributed by atoms with Crippen LogP contribution in [0.5, 0.6) is 0 Å². The standard InChI is InChI=1S/C11H22F2N2/c1-10(2,14)4-3-7-15-8-5-11(12,13)6-9-15/h3-9,14H2,1-2H3. The van der Waals surface area contributed by atoms with E-state index in [9.17, 15) is 8.78 Å². The molecule has 0 bridgehead atoms. The van der Waals surface area contributed by atoms with E-state index in [2.05, 4.69) is 4.90 Å². The van der Waals surface area contributed by atoms with Crippen LogP contribution in [0.3, 0.4) is 0 Å². The Kier molecular flexibility index (Phi) is 4.06. The molecule has 90 valence electrons.